The fourth-order valence-electron chi connectivity index (χ4n) is 3.29. The van der Waals surface area contributed by atoms with E-state index >= 15 is 0 Å². The predicted molar refractivity (Wildman–Crippen MR) is 77.5 cm³/mol. The molecule has 2 saturated heterocycles. The molecule has 3 aliphatic rings. The van der Waals surface area contributed by atoms with Crippen LogP contribution in [0.1, 0.15) is 52.9 Å². The molecule has 0 N–H and O–H groups in total. The number of nitrogens with zero attached hydrogens (tertiary/aromatic N) is 1. The van der Waals surface area contributed by atoms with Crippen LogP contribution in [0.4, 0.5) is 13.2 Å². The van der Waals surface area contributed by atoms with E-state index in [-0.39, 0.29) is 11.9 Å². The van der Waals surface area contributed by atoms with Crippen LogP contribution in [0.25, 0.3) is 0 Å². The second-order valence-corrected chi connectivity index (χ2v) is 7.62. The van der Waals surface area contributed by atoms with E-state index in [2.05, 4.69) is 0 Å². The third-order valence-corrected chi connectivity index (χ3v) is 4.56. The van der Waals surface area contributed by atoms with E-state index in [0.29, 0.717) is 19.4 Å². The predicted octanol–water partition coefficient (Wildman–Crippen LogP) is 3.30. The van der Waals surface area contributed by atoms with Gasteiger partial charge in [0.1, 0.15) is 12.5 Å². The van der Waals surface area contributed by atoms with Crippen molar-refractivity contribution in [2.24, 2.45) is 11.3 Å². The smallest absolute Gasteiger partial charge is 0.397 e. The number of halogens is 3. The van der Waals surface area contributed by atoms with Gasteiger partial charge in [-0.15, -0.1) is 0 Å². The summed E-state index contributed by atoms with van der Waals surface area (Å²) in [6.45, 7) is 5.53. The Hall–Kier alpha value is -1.27. The summed E-state index contributed by atoms with van der Waals surface area (Å²) in [5, 5.41) is 0. The van der Waals surface area contributed by atoms with Crippen molar-refractivity contribution in [1.29, 1.82) is 0 Å². The number of alkyl halides is 3. The minimum atomic E-state index is -4.51. The standard InChI is InChI=1S/C16H24F3NO3/c1-15(2,3)14(22)23-12-7-5-10-4-6-11(12)20(9-10)13(21)8-16(17,18)19/h10-12H,4-9H2,1-3H3/t10?,11?,12-/m0/s1. The van der Waals surface area contributed by atoms with E-state index in [4.69, 9.17) is 4.74 Å². The Balaban J connectivity index is 2.13. The molecular weight excluding hydrogens is 311 g/mol. The number of fused-ring (bicyclic) bond motifs is 4. The Kier molecular flexibility index (Phi) is 4.97. The highest BCUT2D eigenvalue weighted by Crippen LogP contribution is 2.37. The Morgan fingerprint density at radius 1 is 1.09 bits per heavy atom. The van der Waals surface area contributed by atoms with Crippen LogP contribution >= 0.6 is 0 Å². The lowest BCUT2D eigenvalue weighted by atomic mass is 9.93. The van der Waals surface area contributed by atoms with Crippen LogP contribution in [0, 0.1) is 11.3 Å². The highest BCUT2D eigenvalue weighted by molar-refractivity contribution is 5.78. The molecule has 2 bridgehead atoms. The van der Waals surface area contributed by atoms with Crippen LogP contribution in [-0.2, 0) is 14.3 Å². The summed E-state index contributed by atoms with van der Waals surface area (Å²) in [6, 6.07) is -0.435. The molecule has 3 fully saturated rings. The van der Waals surface area contributed by atoms with Crippen LogP contribution in [-0.4, -0.2) is 41.6 Å². The summed E-state index contributed by atoms with van der Waals surface area (Å²) in [7, 11) is 0. The van der Waals surface area contributed by atoms with E-state index in [9.17, 15) is 22.8 Å². The van der Waals surface area contributed by atoms with Crippen molar-refractivity contribution >= 4 is 11.9 Å². The highest BCUT2D eigenvalue weighted by atomic mass is 19.4. The number of ether oxygens (including phenoxy) is 1. The highest BCUT2D eigenvalue weighted by Gasteiger charge is 2.44. The molecule has 0 spiro atoms. The van der Waals surface area contributed by atoms with Crippen LogP contribution in [0.15, 0.2) is 0 Å². The van der Waals surface area contributed by atoms with Gasteiger partial charge in [-0.3, -0.25) is 9.59 Å². The molecule has 1 amide bonds. The Morgan fingerprint density at radius 3 is 2.26 bits per heavy atom. The Labute approximate surface area is 134 Å². The number of amides is 1. The number of hydrogen-bond acceptors (Lipinski definition) is 3. The van der Waals surface area contributed by atoms with Crippen molar-refractivity contribution in [3.63, 3.8) is 0 Å². The third-order valence-electron chi connectivity index (χ3n) is 4.56. The van der Waals surface area contributed by atoms with E-state index in [0.717, 1.165) is 12.8 Å². The quantitative estimate of drug-likeness (QED) is 0.728. The largest absolute Gasteiger partial charge is 0.460 e. The monoisotopic (exact) mass is 335 g/mol. The summed E-state index contributed by atoms with van der Waals surface area (Å²) in [4.78, 5) is 25.5. The topological polar surface area (TPSA) is 46.6 Å². The third kappa shape index (κ3) is 4.61. The van der Waals surface area contributed by atoms with Crippen molar-refractivity contribution in [1.82, 2.24) is 4.90 Å². The van der Waals surface area contributed by atoms with Crippen molar-refractivity contribution in [3.8, 4) is 0 Å². The second kappa shape index (κ2) is 6.32. The molecule has 0 aromatic heterocycles. The van der Waals surface area contributed by atoms with Crippen molar-refractivity contribution in [2.75, 3.05) is 6.54 Å². The second-order valence-electron chi connectivity index (χ2n) is 7.62. The first-order chi connectivity index (χ1) is 10.5. The van der Waals surface area contributed by atoms with Gasteiger partial charge in [-0.1, -0.05) is 0 Å². The maximum Gasteiger partial charge on any atom is 0.397 e. The number of carbonyl (C=O) groups is 2. The molecule has 4 nitrogen and oxygen atoms in total. The van der Waals surface area contributed by atoms with Gasteiger partial charge in [0, 0.05) is 6.54 Å². The number of hydrogen-bond donors (Lipinski definition) is 0. The SMILES string of the molecule is CC(C)(C)C(=O)O[C@H]1CCC2CCC1N(C(=O)CC(F)(F)F)C2. The van der Waals surface area contributed by atoms with Gasteiger partial charge in [-0.25, -0.2) is 0 Å². The average Bonchev–Trinajstić information content (AvgIpc) is 2.67. The molecule has 0 aromatic rings. The van der Waals surface area contributed by atoms with E-state index in [1.165, 1.54) is 4.90 Å². The first-order valence-corrected chi connectivity index (χ1v) is 8.04. The molecule has 0 aromatic carbocycles. The summed E-state index contributed by atoms with van der Waals surface area (Å²) >= 11 is 0. The Morgan fingerprint density at radius 2 is 1.70 bits per heavy atom. The molecule has 2 unspecified atom stereocenters. The summed E-state index contributed by atoms with van der Waals surface area (Å²) in [5.74, 6) is -1.09. The van der Waals surface area contributed by atoms with Gasteiger partial charge >= 0.3 is 12.1 Å². The van der Waals surface area contributed by atoms with Gasteiger partial charge in [-0.05, 0) is 52.4 Å². The molecule has 2 heterocycles. The first-order valence-electron chi connectivity index (χ1n) is 8.04. The molecule has 3 rings (SSSR count). The molecule has 2 aliphatic heterocycles. The first kappa shape index (κ1) is 18.1. The zero-order valence-corrected chi connectivity index (χ0v) is 13.8. The molecule has 7 heteroatoms. The van der Waals surface area contributed by atoms with E-state index in [1.54, 1.807) is 20.8 Å². The summed E-state index contributed by atoms with van der Waals surface area (Å²) in [6.07, 6.45) is -3.63. The van der Waals surface area contributed by atoms with Crippen LogP contribution in [0.5, 0.6) is 0 Å². The van der Waals surface area contributed by atoms with Gasteiger partial charge in [0.15, 0.2) is 0 Å². The molecule has 1 saturated carbocycles. The fourth-order valence-corrected chi connectivity index (χ4v) is 3.29. The van der Waals surface area contributed by atoms with Crippen LogP contribution in [0.2, 0.25) is 0 Å². The average molecular weight is 335 g/mol. The van der Waals surface area contributed by atoms with Crippen LogP contribution < -0.4 is 0 Å². The minimum absolute atomic E-state index is 0.196. The van der Waals surface area contributed by atoms with Crippen molar-refractivity contribution < 1.29 is 27.5 Å². The summed E-state index contributed by atoms with van der Waals surface area (Å²) < 4.78 is 43.2. The fraction of sp³-hybridized carbons (Fsp3) is 0.875. The number of carbonyl (C=O) groups excluding carboxylic acids is 2. The lowest BCUT2D eigenvalue weighted by Gasteiger charge is -2.39. The normalized spacial score (nSPS) is 28.4. The molecule has 1 aliphatic carbocycles. The lowest BCUT2D eigenvalue weighted by Crippen LogP contribution is -2.52. The van der Waals surface area contributed by atoms with Gasteiger partial charge in [0.05, 0.1) is 11.5 Å². The molecule has 3 atom stereocenters. The summed E-state index contributed by atoms with van der Waals surface area (Å²) in [5.41, 5.74) is -0.675. The van der Waals surface area contributed by atoms with Gasteiger partial charge in [0.2, 0.25) is 5.91 Å². The number of piperidine rings is 1. The maximum atomic E-state index is 12.5. The van der Waals surface area contributed by atoms with Crippen molar-refractivity contribution in [2.45, 2.75) is 71.2 Å². The van der Waals surface area contributed by atoms with Gasteiger partial charge in [0.25, 0.3) is 0 Å². The van der Waals surface area contributed by atoms with E-state index < -0.39 is 36.1 Å². The minimum Gasteiger partial charge on any atom is -0.460 e. The maximum absolute atomic E-state index is 12.5. The van der Waals surface area contributed by atoms with Crippen LogP contribution in [0.3, 0.4) is 0 Å². The van der Waals surface area contributed by atoms with Crippen molar-refractivity contribution in [3.05, 3.63) is 0 Å². The zero-order chi connectivity index (χ0) is 17.4. The lowest BCUT2D eigenvalue weighted by molar-refractivity contribution is -0.172. The van der Waals surface area contributed by atoms with Gasteiger partial charge in [-0.2, -0.15) is 13.2 Å². The number of rotatable bonds is 2. The number of esters is 1. The molecule has 132 valence electrons. The molecule has 23 heavy (non-hydrogen) atoms. The van der Waals surface area contributed by atoms with Gasteiger partial charge < -0.3 is 9.64 Å². The zero-order valence-electron chi connectivity index (χ0n) is 13.8. The molecular formula is C16H24F3NO3. The van der Waals surface area contributed by atoms with E-state index in [1.807, 2.05) is 0 Å². The molecule has 0 radical (unpaired) electrons. The Bertz CT molecular complexity index is 470.